The summed E-state index contributed by atoms with van der Waals surface area (Å²) in [5.74, 6) is 0.324. The van der Waals surface area contributed by atoms with E-state index in [9.17, 15) is 0 Å². The van der Waals surface area contributed by atoms with Crippen LogP contribution in [0.3, 0.4) is 0 Å². The minimum absolute atomic E-state index is 0.294. The average Bonchev–Trinajstić information content (AvgIpc) is 2.36. The van der Waals surface area contributed by atoms with Crippen LogP contribution in [0.25, 0.3) is 0 Å². The van der Waals surface area contributed by atoms with Crippen molar-refractivity contribution in [2.75, 3.05) is 7.05 Å². The highest BCUT2D eigenvalue weighted by atomic mass is 15.1. The van der Waals surface area contributed by atoms with Crippen LogP contribution in [0.5, 0.6) is 0 Å². The third-order valence-corrected chi connectivity index (χ3v) is 3.48. The van der Waals surface area contributed by atoms with E-state index in [1.807, 2.05) is 13.1 Å². The highest BCUT2D eigenvalue weighted by Gasteiger charge is 2.30. The van der Waals surface area contributed by atoms with Crippen LogP contribution < -0.4 is 11.1 Å². The van der Waals surface area contributed by atoms with Gasteiger partial charge in [0.05, 0.1) is 5.66 Å². The largest absolute Gasteiger partial charge is 0.313 e. The molecule has 90 valence electrons. The van der Waals surface area contributed by atoms with E-state index < -0.39 is 0 Å². The van der Waals surface area contributed by atoms with E-state index in [1.54, 1.807) is 0 Å². The van der Waals surface area contributed by atoms with Crippen LogP contribution >= 0.6 is 0 Å². The summed E-state index contributed by atoms with van der Waals surface area (Å²) in [5, 5.41) is 3.29. The third kappa shape index (κ3) is 3.06. The number of nitrogens with one attached hydrogen (secondary N) is 1. The molecule has 0 bridgehead atoms. The molecule has 0 aliphatic rings. The van der Waals surface area contributed by atoms with E-state index in [2.05, 4.69) is 43.4 Å². The second kappa shape index (κ2) is 6.02. The maximum Gasteiger partial charge on any atom is 0.0727 e. The van der Waals surface area contributed by atoms with Crippen LogP contribution in [0.4, 0.5) is 0 Å². The number of benzene rings is 1. The Labute approximate surface area is 99.2 Å². The number of unbranched alkanes of at least 4 members (excludes halogenated alkanes) is 1. The molecule has 0 spiro atoms. The molecule has 0 radical (unpaired) electrons. The first-order valence-electron chi connectivity index (χ1n) is 6.16. The Balaban J connectivity index is 2.79. The minimum Gasteiger partial charge on any atom is -0.313 e. The van der Waals surface area contributed by atoms with Crippen molar-refractivity contribution in [3.63, 3.8) is 0 Å². The molecule has 0 saturated carbocycles. The summed E-state index contributed by atoms with van der Waals surface area (Å²) in [6.07, 6.45) is 3.35. The first-order valence-corrected chi connectivity index (χ1v) is 6.16. The highest BCUT2D eigenvalue weighted by molar-refractivity contribution is 5.22. The van der Waals surface area contributed by atoms with Crippen molar-refractivity contribution in [2.45, 2.75) is 44.7 Å². The first kappa shape index (κ1) is 13.2. The fourth-order valence-electron chi connectivity index (χ4n) is 2.07. The standard InChI is InChI=1S/C14H24N2/c1-4-5-11-14(15,16-3)12(2)13-9-7-6-8-10-13/h6-10,12,16H,4-5,11,15H2,1-3H3. The van der Waals surface area contributed by atoms with Crippen molar-refractivity contribution in [1.29, 1.82) is 0 Å². The SMILES string of the molecule is CCCCC(N)(NC)C(C)c1ccccc1. The zero-order chi connectivity index (χ0) is 12.0. The van der Waals surface area contributed by atoms with Gasteiger partial charge in [-0.2, -0.15) is 0 Å². The van der Waals surface area contributed by atoms with Crippen LogP contribution in [0, 0.1) is 0 Å². The number of nitrogens with two attached hydrogens (primary N) is 1. The molecule has 0 aliphatic carbocycles. The van der Waals surface area contributed by atoms with Gasteiger partial charge >= 0.3 is 0 Å². The Morgan fingerprint density at radius 1 is 1.31 bits per heavy atom. The van der Waals surface area contributed by atoms with E-state index >= 15 is 0 Å². The molecule has 2 heteroatoms. The lowest BCUT2D eigenvalue weighted by Gasteiger charge is -2.36. The lowest BCUT2D eigenvalue weighted by atomic mass is 9.84. The molecule has 1 rings (SSSR count). The maximum atomic E-state index is 6.45. The summed E-state index contributed by atoms with van der Waals surface area (Å²) < 4.78 is 0. The van der Waals surface area contributed by atoms with Crippen LogP contribution in [-0.2, 0) is 0 Å². The lowest BCUT2D eigenvalue weighted by Crippen LogP contribution is -2.55. The molecule has 0 amide bonds. The topological polar surface area (TPSA) is 38.0 Å². The molecule has 1 aromatic carbocycles. The van der Waals surface area contributed by atoms with Gasteiger partial charge in [-0.1, -0.05) is 57.0 Å². The van der Waals surface area contributed by atoms with Crippen molar-refractivity contribution < 1.29 is 0 Å². The highest BCUT2D eigenvalue weighted by Crippen LogP contribution is 2.27. The first-order chi connectivity index (χ1) is 7.64. The van der Waals surface area contributed by atoms with Crippen molar-refractivity contribution in [1.82, 2.24) is 5.32 Å². The summed E-state index contributed by atoms with van der Waals surface area (Å²) in [5.41, 5.74) is 7.45. The number of rotatable bonds is 6. The van der Waals surface area contributed by atoms with Gasteiger partial charge in [0.2, 0.25) is 0 Å². The van der Waals surface area contributed by atoms with Gasteiger partial charge in [0.25, 0.3) is 0 Å². The van der Waals surface area contributed by atoms with Gasteiger partial charge in [-0.15, -0.1) is 0 Å². The Kier molecular flexibility index (Phi) is 4.97. The van der Waals surface area contributed by atoms with E-state index in [0.29, 0.717) is 5.92 Å². The Hall–Kier alpha value is -0.860. The van der Waals surface area contributed by atoms with Crippen LogP contribution in [0.1, 0.15) is 44.6 Å². The van der Waals surface area contributed by atoms with Gasteiger partial charge in [-0.05, 0) is 19.0 Å². The maximum absolute atomic E-state index is 6.45. The molecule has 2 nitrogen and oxygen atoms in total. The van der Waals surface area contributed by atoms with Gasteiger partial charge in [0.1, 0.15) is 0 Å². The monoisotopic (exact) mass is 220 g/mol. The molecular weight excluding hydrogens is 196 g/mol. The molecule has 0 aromatic heterocycles. The molecule has 2 unspecified atom stereocenters. The number of likely N-dealkylation sites (N-methyl/N-ethyl adjacent to an activating group) is 1. The Morgan fingerprint density at radius 2 is 1.94 bits per heavy atom. The molecule has 0 saturated heterocycles. The van der Waals surface area contributed by atoms with Crippen LogP contribution in [0.15, 0.2) is 30.3 Å². The quantitative estimate of drug-likeness (QED) is 0.723. The third-order valence-electron chi connectivity index (χ3n) is 3.48. The van der Waals surface area contributed by atoms with E-state index in [1.165, 1.54) is 12.0 Å². The molecule has 2 atom stereocenters. The molecular formula is C14H24N2. The van der Waals surface area contributed by atoms with Crippen molar-refractivity contribution in [2.24, 2.45) is 5.73 Å². The molecule has 1 aromatic rings. The normalized spacial score (nSPS) is 16.8. The fraction of sp³-hybridized carbons (Fsp3) is 0.571. The molecule has 0 aliphatic heterocycles. The summed E-state index contributed by atoms with van der Waals surface area (Å²) in [7, 11) is 1.95. The van der Waals surface area contributed by atoms with E-state index in [4.69, 9.17) is 5.73 Å². The summed E-state index contributed by atoms with van der Waals surface area (Å²) in [6.45, 7) is 4.39. The smallest absolute Gasteiger partial charge is 0.0727 e. The van der Waals surface area contributed by atoms with Crippen LogP contribution in [-0.4, -0.2) is 12.7 Å². The summed E-state index contributed by atoms with van der Waals surface area (Å²) in [4.78, 5) is 0. The zero-order valence-corrected chi connectivity index (χ0v) is 10.7. The Bertz CT molecular complexity index is 297. The minimum atomic E-state index is -0.294. The molecule has 3 N–H and O–H groups in total. The van der Waals surface area contributed by atoms with Gasteiger partial charge < -0.3 is 11.1 Å². The Morgan fingerprint density at radius 3 is 2.44 bits per heavy atom. The fourth-order valence-corrected chi connectivity index (χ4v) is 2.07. The van der Waals surface area contributed by atoms with Gasteiger partial charge in [0.15, 0.2) is 0 Å². The number of hydrogen-bond donors (Lipinski definition) is 2. The van der Waals surface area contributed by atoms with Gasteiger partial charge in [0, 0.05) is 5.92 Å². The molecule has 0 fully saturated rings. The molecule has 16 heavy (non-hydrogen) atoms. The zero-order valence-electron chi connectivity index (χ0n) is 10.7. The van der Waals surface area contributed by atoms with Gasteiger partial charge in [-0.3, -0.25) is 0 Å². The predicted octanol–water partition coefficient (Wildman–Crippen LogP) is 2.85. The van der Waals surface area contributed by atoms with Crippen molar-refractivity contribution in [3.8, 4) is 0 Å². The average molecular weight is 220 g/mol. The van der Waals surface area contributed by atoms with Gasteiger partial charge in [-0.25, -0.2) is 0 Å². The van der Waals surface area contributed by atoms with E-state index in [-0.39, 0.29) is 5.66 Å². The van der Waals surface area contributed by atoms with Crippen molar-refractivity contribution >= 4 is 0 Å². The van der Waals surface area contributed by atoms with E-state index in [0.717, 1.165) is 12.8 Å². The van der Waals surface area contributed by atoms with Crippen LogP contribution in [0.2, 0.25) is 0 Å². The predicted molar refractivity (Wildman–Crippen MR) is 70.4 cm³/mol. The second-order valence-corrected chi connectivity index (χ2v) is 4.53. The van der Waals surface area contributed by atoms with Crippen molar-refractivity contribution in [3.05, 3.63) is 35.9 Å². The lowest BCUT2D eigenvalue weighted by molar-refractivity contribution is 0.277. The summed E-state index contributed by atoms with van der Waals surface area (Å²) in [6, 6.07) is 10.5. The number of hydrogen-bond acceptors (Lipinski definition) is 2. The second-order valence-electron chi connectivity index (χ2n) is 4.53. The summed E-state index contributed by atoms with van der Waals surface area (Å²) >= 11 is 0. The molecule has 0 heterocycles.